The first kappa shape index (κ1) is 8.56. The van der Waals surface area contributed by atoms with Crippen LogP contribution in [-0.2, 0) is 13.6 Å². The average Bonchev–Trinajstić information content (AvgIpc) is 2.55. The molecule has 0 aliphatic carbocycles. The highest BCUT2D eigenvalue weighted by molar-refractivity contribution is 5.46. The summed E-state index contributed by atoms with van der Waals surface area (Å²) in [5, 5.41) is 7.66. The van der Waals surface area contributed by atoms with E-state index in [0.29, 0.717) is 17.8 Å². The first-order chi connectivity index (χ1) is 6.11. The fourth-order valence-electron chi connectivity index (χ4n) is 2.03. The number of nitrogens with zero attached hydrogens (tertiary/aromatic N) is 2. The van der Waals surface area contributed by atoms with Gasteiger partial charge in [-0.2, -0.15) is 5.10 Å². The predicted molar refractivity (Wildman–Crippen MR) is 52.0 cm³/mol. The van der Waals surface area contributed by atoms with E-state index in [0.717, 1.165) is 6.54 Å². The Morgan fingerprint density at radius 1 is 1.62 bits per heavy atom. The molecule has 0 saturated heterocycles. The summed E-state index contributed by atoms with van der Waals surface area (Å²) in [6, 6.07) is 0.407. The van der Waals surface area contributed by atoms with Gasteiger partial charge in [-0.25, -0.2) is 0 Å². The van der Waals surface area contributed by atoms with E-state index < -0.39 is 0 Å². The van der Waals surface area contributed by atoms with Crippen LogP contribution in [0.3, 0.4) is 0 Å². The van der Waals surface area contributed by atoms with Gasteiger partial charge in [0.15, 0.2) is 0 Å². The second kappa shape index (κ2) is 2.73. The molecule has 72 valence electrons. The molecule has 0 amide bonds. The van der Waals surface area contributed by atoms with Gasteiger partial charge in [-0.3, -0.25) is 4.68 Å². The lowest BCUT2D eigenvalue weighted by Gasteiger charge is -2.16. The fourth-order valence-corrected chi connectivity index (χ4v) is 2.03. The van der Waals surface area contributed by atoms with Crippen LogP contribution in [0.25, 0.3) is 0 Å². The molecular formula is C9H16N4. The normalized spacial score (nSPS) is 21.1. The number of hydrogen-bond acceptors (Lipinski definition) is 3. The van der Waals surface area contributed by atoms with Gasteiger partial charge in [0, 0.05) is 19.2 Å². The highest BCUT2D eigenvalue weighted by Crippen LogP contribution is 2.33. The summed E-state index contributed by atoms with van der Waals surface area (Å²) in [6.45, 7) is 5.27. The van der Waals surface area contributed by atoms with E-state index in [2.05, 4.69) is 24.3 Å². The second-order valence-electron chi connectivity index (χ2n) is 3.98. The molecule has 2 heterocycles. The second-order valence-corrected chi connectivity index (χ2v) is 3.98. The molecule has 0 radical (unpaired) electrons. The number of aromatic nitrogens is 2. The van der Waals surface area contributed by atoms with E-state index in [4.69, 9.17) is 5.73 Å². The third-order valence-corrected chi connectivity index (χ3v) is 2.68. The van der Waals surface area contributed by atoms with Gasteiger partial charge in [0.2, 0.25) is 0 Å². The van der Waals surface area contributed by atoms with E-state index in [1.54, 1.807) is 0 Å². The molecule has 0 fully saturated rings. The van der Waals surface area contributed by atoms with Crippen molar-refractivity contribution < 1.29 is 0 Å². The molecule has 13 heavy (non-hydrogen) atoms. The maximum atomic E-state index is 5.78. The Morgan fingerprint density at radius 2 is 2.31 bits per heavy atom. The van der Waals surface area contributed by atoms with Gasteiger partial charge in [-0.1, -0.05) is 13.8 Å². The van der Waals surface area contributed by atoms with Crippen molar-refractivity contribution in [2.45, 2.75) is 26.4 Å². The Hall–Kier alpha value is -1.03. The van der Waals surface area contributed by atoms with Gasteiger partial charge in [0.1, 0.15) is 5.82 Å². The largest absolute Gasteiger partial charge is 0.382 e. The lowest BCUT2D eigenvalue weighted by molar-refractivity contribution is 0.418. The Balaban J connectivity index is 2.46. The van der Waals surface area contributed by atoms with Crippen LogP contribution in [0.15, 0.2) is 0 Å². The molecule has 4 heteroatoms. The van der Waals surface area contributed by atoms with E-state index in [9.17, 15) is 0 Å². The van der Waals surface area contributed by atoms with Gasteiger partial charge in [0.25, 0.3) is 0 Å². The number of nitrogens with two attached hydrogens (primary N) is 1. The zero-order valence-corrected chi connectivity index (χ0v) is 8.33. The van der Waals surface area contributed by atoms with Crippen molar-refractivity contribution >= 4 is 5.82 Å². The predicted octanol–water partition coefficient (Wildman–Crippen LogP) is 0.803. The standard InChI is InChI=1S/C9H16N4/c1-5(2)7-8-6(4-11-7)9(10)12-13(8)3/h5,7,11H,4H2,1-3H3,(H2,10,12). The van der Waals surface area contributed by atoms with Gasteiger partial charge >= 0.3 is 0 Å². The number of hydrogen-bond donors (Lipinski definition) is 2. The Morgan fingerprint density at radius 3 is 2.92 bits per heavy atom. The van der Waals surface area contributed by atoms with Crippen molar-refractivity contribution in [2.75, 3.05) is 5.73 Å². The topological polar surface area (TPSA) is 55.9 Å². The number of nitrogens with one attached hydrogen (secondary N) is 1. The highest BCUT2D eigenvalue weighted by Gasteiger charge is 2.30. The maximum absolute atomic E-state index is 5.78. The quantitative estimate of drug-likeness (QED) is 0.672. The summed E-state index contributed by atoms with van der Waals surface area (Å²) in [4.78, 5) is 0. The van der Waals surface area contributed by atoms with Crippen LogP contribution in [0.2, 0.25) is 0 Å². The van der Waals surface area contributed by atoms with Crippen LogP contribution in [0, 0.1) is 5.92 Å². The number of fused-ring (bicyclic) bond motifs is 1. The molecule has 4 nitrogen and oxygen atoms in total. The molecule has 1 aromatic rings. The lowest BCUT2D eigenvalue weighted by Crippen LogP contribution is -2.20. The minimum Gasteiger partial charge on any atom is -0.382 e. The number of anilines is 1. The summed E-state index contributed by atoms with van der Waals surface area (Å²) < 4.78 is 1.90. The van der Waals surface area contributed by atoms with Crippen LogP contribution in [0.1, 0.15) is 31.1 Å². The van der Waals surface area contributed by atoms with Crippen molar-refractivity contribution in [1.82, 2.24) is 15.1 Å². The molecule has 3 N–H and O–H groups in total. The Labute approximate surface area is 78.1 Å². The average molecular weight is 180 g/mol. The van der Waals surface area contributed by atoms with E-state index >= 15 is 0 Å². The molecule has 2 rings (SSSR count). The first-order valence-corrected chi connectivity index (χ1v) is 4.66. The van der Waals surface area contributed by atoms with Crippen LogP contribution < -0.4 is 11.1 Å². The van der Waals surface area contributed by atoms with Crippen molar-refractivity contribution in [1.29, 1.82) is 0 Å². The summed E-state index contributed by atoms with van der Waals surface area (Å²) in [7, 11) is 1.96. The van der Waals surface area contributed by atoms with E-state index in [1.165, 1.54) is 11.3 Å². The van der Waals surface area contributed by atoms with Crippen molar-refractivity contribution in [3.05, 3.63) is 11.3 Å². The summed E-state index contributed by atoms with van der Waals surface area (Å²) in [5.41, 5.74) is 8.22. The van der Waals surface area contributed by atoms with Crippen molar-refractivity contribution in [3.8, 4) is 0 Å². The van der Waals surface area contributed by atoms with E-state index in [1.807, 2.05) is 11.7 Å². The smallest absolute Gasteiger partial charge is 0.150 e. The third kappa shape index (κ3) is 1.13. The summed E-state index contributed by atoms with van der Waals surface area (Å²) in [6.07, 6.45) is 0. The van der Waals surface area contributed by atoms with Crippen molar-refractivity contribution in [2.24, 2.45) is 13.0 Å². The molecule has 0 bridgehead atoms. The Bertz CT molecular complexity index is 327. The number of nitrogen functional groups attached to an aromatic ring is 1. The van der Waals surface area contributed by atoms with Crippen LogP contribution >= 0.6 is 0 Å². The molecule has 0 saturated carbocycles. The monoisotopic (exact) mass is 180 g/mol. The number of aryl methyl sites for hydroxylation is 1. The SMILES string of the molecule is CC(C)C1NCc2c(N)nn(C)c21. The van der Waals surface area contributed by atoms with Crippen LogP contribution in [0.4, 0.5) is 5.82 Å². The number of rotatable bonds is 1. The minimum absolute atomic E-state index is 0.407. The molecule has 1 aromatic heterocycles. The van der Waals surface area contributed by atoms with Gasteiger partial charge in [-0.15, -0.1) is 0 Å². The van der Waals surface area contributed by atoms with Crippen molar-refractivity contribution in [3.63, 3.8) is 0 Å². The maximum Gasteiger partial charge on any atom is 0.150 e. The zero-order valence-electron chi connectivity index (χ0n) is 8.33. The molecular weight excluding hydrogens is 164 g/mol. The van der Waals surface area contributed by atoms with Crippen LogP contribution in [-0.4, -0.2) is 9.78 Å². The Kier molecular flexibility index (Phi) is 1.80. The lowest BCUT2D eigenvalue weighted by atomic mass is 10.0. The van der Waals surface area contributed by atoms with Gasteiger partial charge in [0.05, 0.1) is 11.7 Å². The third-order valence-electron chi connectivity index (χ3n) is 2.68. The minimum atomic E-state index is 0.407. The zero-order chi connectivity index (χ0) is 9.59. The molecule has 1 unspecified atom stereocenters. The van der Waals surface area contributed by atoms with Gasteiger partial charge in [-0.05, 0) is 5.92 Å². The molecule has 0 spiro atoms. The fraction of sp³-hybridized carbons (Fsp3) is 0.667. The molecule has 1 aliphatic heterocycles. The van der Waals surface area contributed by atoms with E-state index in [-0.39, 0.29) is 0 Å². The molecule has 0 aromatic carbocycles. The van der Waals surface area contributed by atoms with Gasteiger partial charge < -0.3 is 11.1 Å². The first-order valence-electron chi connectivity index (χ1n) is 4.66. The highest BCUT2D eigenvalue weighted by atomic mass is 15.3. The summed E-state index contributed by atoms with van der Waals surface area (Å²) >= 11 is 0. The summed E-state index contributed by atoms with van der Waals surface area (Å²) in [5.74, 6) is 1.25. The molecule has 1 atom stereocenters. The van der Waals surface area contributed by atoms with Crippen LogP contribution in [0.5, 0.6) is 0 Å². The molecule has 1 aliphatic rings.